The normalized spacial score (nSPS) is 15.1. The number of esters is 1. The number of benzene rings is 2. The van der Waals surface area contributed by atoms with Crippen LogP contribution in [0, 0.1) is 0 Å². The van der Waals surface area contributed by atoms with Gasteiger partial charge >= 0.3 is 5.97 Å². The molecule has 4 N–H and O–H groups in total. The van der Waals surface area contributed by atoms with Gasteiger partial charge < -0.3 is 30.6 Å². The van der Waals surface area contributed by atoms with Crippen molar-refractivity contribution in [1.29, 1.82) is 0 Å². The highest BCUT2D eigenvalue weighted by Gasteiger charge is 2.30. The highest BCUT2D eigenvalue weighted by Crippen LogP contribution is 2.26. The Hall–Kier alpha value is -3.92. The summed E-state index contributed by atoms with van der Waals surface area (Å²) in [5, 5.41) is 3.17. The van der Waals surface area contributed by atoms with E-state index in [1.165, 1.54) is 7.11 Å². The van der Waals surface area contributed by atoms with Gasteiger partial charge in [-0.15, -0.1) is 0 Å². The lowest BCUT2D eigenvalue weighted by Gasteiger charge is -2.23. The van der Waals surface area contributed by atoms with Gasteiger partial charge in [0.2, 0.25) is 5.91 Å². The van der Waals surface area contributed by atoms with Gasteiger partial charge in [0.25, 0.3) is 5.91 Å². The van der Waals surface area contributed by atoms with Gasteiger partial charge in [-0.25, -0.2) is 4.98 Å². The minimum absolute atomic E-state index is 0.0742. The van der Waals surface area contributed by atoms with Crippen molar-refractivity contribution in [2.45, 2.75) is 51.2 Å². The number of anilines is 1. The van der Waals surface area contributed by atoms with E-state index in [1.807, 2.05) is 35.2 Å². The third kappa shape index (κ3) is 6.49. The maximum Gasteiger partial charge on any atom is 0.308 e. The van der Waals surface area contributed by atoms with Crippen LogP contribution in [0.4, 0.5) is 5.69 Å². The molecule has 10 nitrogen and oxygen atoms in total. The number of nitrogens with two attached hydrogens (primary N) is 1. The molecule has 202 valence electrons. The van der Waals surface area contributed by atoms with Gasteiger partial charge in [0.1, 0.15) is 11.9 Å². The fourth-order valence-corrected chi connectivity index (χ4v) is 4.73. The number of rotatable bonds is 11. The Kier molecular flexibility index (Phi) is 8.96. The van der Waals surface area contributed by atoms with Gasteiger partial charge in [-0.3, -0.25) is 14.4 Å². The summed E-state index contributed by atoms with van der Waals surface area (Å²) in [6.45, 7) is 1.94. The minimum Gasteiger partial charge on any atom is -0.469 e. The van der Waals surface area contributed by atoms with Gasteiger partial charge in [-0.1, -0.05) is 25.0 Å². The van der Waals surface area contributed by atoms with Gasteiger partial charge in [0.15, 0.2) is 0 Å². The van der Waals surface area contributed by atoms with Crippen LogP contribution in [-0.2, 0) is 27.4 Å². The Morgan fingerprint density at radius 2 is 1.95 bits per heavy atom. The Morgan fingerprint density at radius 1 is 1.16 bits per heavy atom. The molecule has 0 radical (unpaired) electrons. The fraction of sp³-hybridized carbons (Fsp3) is 0.429. The molecule has 0 spiro atoms. The topological polar surface area (TPSA) is 134 Å². The van der Waals surface area contributed by atoms with Crippen molar-refractivity contribution in [3.63, 3.8) is 0 Å². The summed E-state index contributed by atoms with van der Waals surface area (Å²) in [5.74, 6) is -0.0407. The number of methoxy groups -OCH3 is 1. The number of carbonyl (C=O) groups excluding carboxylic acids is 3. The Labute approximate surface area is 222 Å². The van der Waals surface area contributed by atoms with Crippen LogP contribution in [0.1, 0.15) is 53.8 Å². The number of para-hydroxylation sites is 2. The van der Waals surface area contributed by atoms with Crippen LogP contribution in [0.25, 0.3) is 11.0 Å². The number of fused-ring (bicyclic) bond motifs is 2. The molecular formula is C28H36N6O4. The molecule has 4 rings (SSSR count). The number of hydrogen-bond donors (Lipinski definition) is 3. The molecule has 38 heavy (non-hydrogen) atoms. The number of amides is 2. The predicted octanol–water partition coefficient (Wildman–Crippen LogP) is 3.04. The van der Waals surface area contributed by atoms with E-state index in [-0.39, 0.29) is 18.2 Å². The molecule has 1 atom stereocenters. The van der Waals surface area contributed by atoms with Crippen molar-refractivity contribution >= 4 is 34.5 Å². The quantitative estimate of drug-likeness (QED) is 0.261. The number of unbranched alkanes of at least 4 members (excludes halogenated alkanes) is 3. The Bertz CT molecular complexity index is 1260. The maximum atomic E-state index is 13.8. The number of nitrogens with zero attached hydrogens (tertiary/aromatic N) is 3. The molecule has 2 aromatic carbocycles. The molecular weight excluding hydrogens is 484 g/mol. The van der Waals surface area contributed by atoms with E-state index in [0.29, 0.717) is 31.7 Å². The zero-order valence-electron chi connectivity index (χ0n) is 22.0. The molecule has 1 aliphatic rings. The molecule has 0 unspecified atom stereocenters. The molecule has 10 heteroatoms. The van der Waals surface area contributed by atoms with Gasteiger partial charge in [-0.2, -0.15) is 0 Å². The van der Waals surface area contributed by atoms with Crippen molar-refractivity contribution < 1.29 is 19.1 Å². The van der Waals surface area contributed by atoms with E-state index in [1.54, 1.807) is 24.1 Å². The molecule has 2 amide bonds. The number of H-pyrrole nitrogens is 1. The smallest absolute Gasteiger partial charge is 0.308 e. The molecule has 1 aliphatic heterocycles. The number of imidazole rings is 1. The lowest BCUT2D eigenvalue weighted by molar-refractivity contribution is -0.143. The van der Waals surface area contributed by atoms with Crippen LogP contribution >= 0.6 is 0 Å². The second-order valence-electron chi connectivity index (χ2n) is 9.67. The van der Waals surface area contributed by atoms with Crippen LogP contribution in [0.2, 0.25) is 0 Å². The van der Waals surface area contributed by atoms with Crippen molar-refractivity contribution in [3.8, 4) is 0 Å². The zero-order valence-corrected chi connectivity index (χ0v) is 22.0. The van der Waals surface area contributed by atoms with E-state index in [2.05, 4.69) is 15.3 Å². The van der Waals surface area contributed by atoms with Gasteiger partial charge in [0.05, 0.1) is 31.1 Å². The average molecular weight is 521 g/mol. The molecule has 0 saturated carbocycles. The number of carbonyl (C=O) groups is 3. The monoisotopic (exact) mass is 520 g/mol. The van der Waals surface area contributed by atoms with Crippen LogP contribution in [0.5, 0.6) is 0 Å². The first-order valence-electron chi connectivity index (χ1n) is 13.0. The van der Waals surface area contributed by atoms with E-state index < -0.39 is 12.0 Å². The zero-order chi connectivity index (χ0) is 27.1. The number of aromatic nitrogens is 2. The van der Waals surface area contributed by atoms with E-state index in [9.17, 15) is 14.4 Å². The summed E-state index contributed by atoms with van der Waals surface area (Å²) in [4.78, 5) is 49.8. The number of ether oxygens (including phenoxy) is 1. The summed E-state index contributed by atoms with van der Waals surface area (Å²) < 4.78 is 4.75. The van der Waals surface area contributed by atoms with E-state index >= 15 is 0 Å². The number of nitrogens with one attached hydrogen (secondary N) is 2. The fourth-order valence-electron chi connectivity index (χ4n) is 4.73. The van der Waals surface area contributed by atoms with Crippen LogP contribution in [0.3, 0.4) is 0 Å². The SMILES string of the molecule is COC(=O)C[C@@H]1Nc2ccc(C(=O)N(CCCCCCN)Cc3nc4ccccc4[nH]3)cc2CN(C)C1=O. The average Bonchev–Trinajstić information content (AvgIpc) is 3.29. The Morgan fingerprint density at radius 3 is 2.71 bits per heavy atom. The van der Waals surface area contributed by atoms with Crippen molar-refractivity contribution in [1.82, 2.24) is 19.8 Å². The lowest BCUT2D eigenvalue weighted by Crippen LogP contribution is -2.39. The first kappa shape index (κ1) is 27.1. The standard InChI is InChI=1S/C28H36N6O4/c1-33-17-20-15-19(11-12-21(20)30-24(28(33)37)16-26(35)38-2)27(36)34(14-8-4-3-7-13-29)18-25-31-22-9-5-6-10-23(22)32-25/h5-6,9-12,15,24,30H,3-4,7-8,13-14,16-18,29H2,1-2H3,(H,31,32)/t24-/m0/s1. The maximum absolute atomic E-state index is 13.8. The van der Waals surface area contributed by atoms with Crippen molar-refractivity contribution in [3.05, 3.63) is 59.4 Å². The second kappa shape index (κ2) is 12.6. The summed E-state index contributed by atoms with van der Waals surface area (Å²) in [7, 11) is 2.99. The summed E-state index contributed by atoms with van der Waals surface area (Å²) in [6.07, 6.45) is 3.78. The summed E-state index contributed by atoms with van der Waals surface area (Å²) in [5.41, 5.74) is 9.50. The number of hydrogen-bond acceptors (Lipinski definition) is 7. The van der Waals surface area contributed by atoms with Crippen molar-refractivity contribution in [2.24, 2.45) is 5.73 Å². The first-order valence-corrected chi connectivity index (χ1v) is 13.0. The van der Waals surface area contributed by atoms with Crippen LogP contribution in [0.15, 0.2) is 42.5 Å². The highest BCUT2D eigenvalue weighted by atomic mass is 16.5. The summed E-state index contributed by atoms with van der Waals surface area (Å²) >= 11 is 0. The number of aromatic amines is 1. The molecule has 0 bridgehead atoms. The van der Waals surface area contributed by atoms with Crippen molar-refractivity contribution in [2.75, 3.05) is 32.6 Å². The highest BCUT2D eigenvalue weighted by molar-refractivity contribution is 5.96. The summed E-state index contributed by atoms with van der Waals surface area (Å²) in [6, 6.07) is 12.5. The molecule has 3 aromatic rings. The van der Waals surface area contributed by atoms with Gasteiger partial charge in [0, 0.05) is 31.4 Å². The second-order valence-corrected chi connectivity index (χ2v) is 9.67. The van der Waals surface area contributed by atoms with Crippen LogP contribution < -0.4 is 11.1 Å². The molecule has 0 saturated heterocycles. The predicted molar refractivity (Wildman–Crippen MR) is 145 cm³/mol. The molecule has 2 heterocycles. The molecule has 1 aromatic heterocycles. The lowest BCUT2D eigenvalue weighted by atomic mass is 10.1. The minimum atomic E-state index is -0.728. The Balaban J connectivity index is 1.55. The van der Waals surface area contributed by atoms with Gasteiger partial charge in [-0.05, 0) is 55.3 Å². The van der Waals surface area contributed by atoms with Crippen LogP contribution in [-0.4, -0.2) is 70.8 Å². The molecule has 0 fully saturated rings. The third-order valence-electron chi connectivity index (χ3n) is 6.81. The third-order valence-corrected chi connectivity index (χ3v) is 6.81. The number of likely N-dealkylation sites (N-methyl/N-ethyl adjacent to an activating group) is 1. The van der Waals surface area contributed by atoms with E-state index in [4.69, 9.17) is 10.5 Å². The van der Waals surface area contributed by atoms with E-state index in [0.717, 1.165) is 53.8 Å². The molecule has 0 aliphatic carbocycles. The largest absolute Gasteiger partial charge is 0.469 e. The first-order chi connectivity index (χ1) is 18.4.